The summed E-state index contributed by atoms with van der Waals surface area (Å²) in [4.78, 5) is 13.5. The molecule has 5 nitrogen and oxygen atoms in total. The van der Waals surface area contributed by atoms with Crippen molar-refractivity contribution in [2.24, 2.45) is 0 Å². The zero-order chi connectivity index (χ0) is 11.4. The third-order valence-electron chi connectivity index (χ3n) is 2.24. The van der Waals surface area contributed by atoms with Gasteiger partial charge in [-0.2, -0.15) is 0 Å². The number of pyridine rings is 1. The molecule has 0 aromatic carbocycles. The van der Waals surface area contributed by atoms with Gasteiger partial charge in [0.05, 0.1) is 6.10 Å². The number of aliphatic hydroxyl groups excluding tert-OH is 3. The molecule has 5 heteroatoms. The second-order valence-electron chi connectivity index (χ2n) is 3.47. The maximum absolute atomic E-state index is 11.0. The van der Waals surface area contributed by atoms with Gasteiger partial charge in [0.2, 0.25) is 0 Å². The topological polar surface area (TPSA) is 93.5 Å². The molecule has 0 fully saturated rings. The number of aryl methyl sites for hydroxylation is 1. The molecule has 84 valence electrons. The molecule has 0 spiro atoms. The van der Waals surface area contributed by atoms with Gasteiger partial charge < -0.3 is 20.3 Å². The fraction of sp³-hybridized carbons (Fsp3) is 0.500. The van der Waals surface area contributed by atoms with Crippen molar-refractivity contribution in [1.82, 2.24) is 4.98 Å². The number of aromatic nitrogens is 1. The Morgan fingerprint density at radius 2 is 2.13 bits per heavy atom. The van der Waals surface area contributed by atoms with Crippen molar-refractivity contribution < 1.29 is 15.3 Å². The van der Waals surface area contributed by atoms with Crippen LogP contribution in [-0.4, -0.2) is 33.0 Å². The Hall–Kier alpha value is -1.17. The molecule has 0 aliphatic heterocycles. The van der Waals surface area contributed by atoms with Crippen LogP contribution in [0.15, 0.2) is 17.1 Å². The van der Waals surface area contributed by atoms with E-state index in [0.29, 0.717) is 11.1 Å². The van der Waals surface area contributed by atoms with Gasteiger partial charge in [0.15, 0.2) is 0 Å². The van der Waals surface area contributed by atoms with E-state index in [1.807, 2.05) is 0 Å². The van der Waals surface area contributed by atoms with Crippen LogP contribution >= 0.6 is 0 Å². The second-order valence-corrected chi connectivity index (χ2v) is 3.47. The van der Waals surface area contributed by atoms with E-state index in [2.05, 4.69) is 4.98 Å². The highest BCUT2D eigenvalue weighted by Crippen LogP contribution is 2.17. The van der Waals surface area contributed by atoms with Crippen LogP contribution in [0.3, 0.4) is 0 Å². The smallest absolute Gasteiger partial charge is 0.250 e. The summed E-state index contributed by atoms with van der Waals surface area (Å²) in [6, 6.07) is 1.52. The van der Waals surface area contributed by atoms with Gasteiger partial charge in [0.25, 0.3) is 5.56 Å². The van der Waals surface area contributed by atoms with Crippen LogP contribution in [0.1, 0.15) is 23.7 Å². The number of hydrogen-bond donors (Lipinski definition) is 4. The molecular weight excluding hydrogens is 198 g/mol. The van der Waals surface area contributed by atoms with Crippen LogP contribution in [0.25, 0.3) is 0 Å². The highest BCUT2D eigenvalue weighted by atomic mass is 16.3. The highest BCUT2D eigenvalue weighted by molar-refractivity contribution is 5.19. The number of aliphatic hydroxyl groups is 3. The summed E-state index contributed by atoms with van der Waals surface area (Å²) in [7, 11) is 0. The van der Waals surface area contributed by atoms with Crippen molar-refractivity contribution >= 4 is 0 Å². The lowest BCUT2D eigenvalue weighted by Crippen LogP contribution is -2.21. The lowest BCUT2D eigenvalue weighted by atomic mass is 10.0. The van der Waals surface area contributed by atoms with Gasteiger partial charge in [0, 0.05) is 18.4 Å². The molecule has 15 heavy (non-hydrogen) atoms. The van der Waals surface area contributed by atoms with Gasteiger partial charge in [-0.25, -0.2) is 0 Å². The van der Waals surface area contributed by atoms with E-state index < -0.39 is 12.2 Å². The van der Waals surface area contributed by atoms with Crippen molar-refractivity contribution in [3.05, 3.63) is 33.7 Å². The maximum Gasteiger partial charge on any atom is 0.250 e. The molecule has 0 amide bonds. The van der Waals surface area contributed by atoms with Gasteiger partial charge >= 0.3 is 0 Å². The van der Waals surface area contributed by atoms with Gasteiger partial charge in [0.1, 0.15) is 6.10 Å². The van der Waals surface area contributed by atoms with Crippen LogP contribution in [-0.2, 0) is 0 Å². The first-order valence-corrected chi connectivity index (χ1v) is 4.72. The number of hydrogen-bond acceptors (Lipinski definition) is 4. The average Bonchev–Trinajstić information content (AvgIpc) is 2.21. The van der Waals surface area contributed by atoms with Crippen molar-refractivity contribution in [2.45, 2.75) is 25.6 Å². The molecule has 0 saturated heterocycles. The molecule has 4 N–H and O–H groups in total. The van der Waals surface area contributed by atoms with E-state index in [4.69, 9.17) is 5.11 Å². The molecule has 2 unspecified atom stereocenters. The third kappa shape index (κ3) is 2.89. The zero-order valence-corrected chi connectivity index (χ0v) is 8.47. The summed E-state index contributed by atoms with van der Waals surface area (Å²) in [5.74, 6) is 0. The average molecular weight is 213 g/mol. The normalized spacial score (nSPS) is 14.9. The molecular formula is C10H15NO4. The van der Waals surface area contributed by atoms with Gasteiger partial charge in [-0.05, 0) is 25.0 Å². The molecule has 0 saturated carbocycles. The molecule has 2 atom stereocenters. The lowest BCUT2D eigenvalue weighted by Gasteiger charge is -2.17. The maximum atomic E-state index is 11.0. The Bertz CT molecular complexity index is 374. The van der Waals surface area contributed by atoms with Gasteiger partial charge in [-0.1, -0.05) is 0 Å². The van der Waals surface area contributed by atoms with Crippen molar-refractivity contribution in [2.75, 3.05) is 6.61 Å². The SMILES string of the molecule is Cc1cc(C(O)C(O)CCO)c[nH]c1=O. The minimum Gasteiger partial charge on any atom is -0.396 e. The van der Waals surface area contributed by atoms with Gasteiger partial charge in [-0.3, -0.25) is 4.79 Å². The number of rotatable bonds is 4. The molecule has 1 aromatic heterocycles. The van der Waals surface area contributed by atoms with Crippen molar-refractivity contribution in [3.8, 4) is 0 Å². The number of aromatic amines is 1. The molecule has 1 heterocycles. The first-order chi connectivity index (χ1) is 7.06. The summed E-state index contributed by atoms with van der Waals surface area (Å²) >= 11 is 0. The first-order valence-electron chi connectivity index (χ1n) is 4.72. The Morgan fingerprint density at radius 3 is 2.67 bits per heavy atom. The Labute approximate surface area is 87.0 Å². The van der Waals surface area contributed by atoms with E-state index in [1.54, 1.807) is 6.92 Å². The Balaban J connectivity index is 2.86. The minimum absolute atomic E-state index is 0.0966. The quantitative estimate of drug-likeness (QED) is 0.540. The third-order valence-corrected chi connectivity index (χ3v) is 2.24. The van der Waals surface area contributed by atoms with Crippen LogP contribution in [0.2, 0.25) is 0 Å². The fourth-order valence-electron chi connectivity index (χ4n) is 1.30. The zero-order valence-electron chi connectivity index (χ0n) is 8.47. The Kier molecular flexibility index (Phi) is 4.02. The highest BCUT2D eigenvalue weighted by Gasteiger charge is 2.18. The van der Waals surface area contributed by atoms with Crippen LogP contribution < -0.4 is 5.56 Å². The van der Waals surface area contributed by atoms with E-state index in [1.165, 1.54) is 12.3 Å². The summed E-state index contributed by atoms with van der Waals surface area (Å²) in [6.07, 6.45) is -0.659. The molecule has 0 radical (unpaired) electrons. The van der Waals surface area contributed by atoms with Crippen molar-refractivity contribution in [3.63, 3.8) is 0 Å². The number of nitrogens with one attached hydrogen (secondary N) is 1. The monoisotopic (exact) mass is 213 g/mol. The van der Waals surface area contributed by atoms with E-state index >= 15 is 0 Å². The lowest BCUT2D eigenvalue weighted by molar-refractivity contribution is 0.00399. The van der Waals surface area contributed by atoms with Crippen LogP contribution in [0.4, 0.5) is 0 Å². The summed E-state index contributed by atoms with van der Waals surface area (Å²) in [5.41, 5.74) is 0.693. The predicted octanol–water partition coefficient (Wildman–Crippen LogP) is -0.540. The van der Waals surface area contributed by atoms with E-state index in [0.717, 1.165) is 0 Å². The van der Waals surface area contributed by atoms with Gasteiger partial charge in [-0.15, -0.1) is 0 Å². The first kappa shape index (κ1) is 11.9. The summed E-state index contributed by atoms with van der Waals surface area (Å²) in [5, 5.41) is 27.7. The molecule has 1 aromatic rings. The number of H-pyrrole nitrogens is 1. The van der Waals surface area contributed by atoms with E-state index in [-0.39, 0.29) is 18.6 Å². The molecule has 0 aliphatic rings. The standard InChI is InChI=1S/C10H15NO4/c1-6-4-7(5-11-10(6)15)9(14)8(13)2-3-12/h4-5,8-9,12-14H,2-3H2,1H3,(H,11,15). The van der Waals surface area contributed by atoms with Crippen LogP contribution in [0.5, 0.6) is 0 Å². The largest absolute Gasteiger partial charge is 0.396 e. The molecule has 1 rings (SSSR count). The molecule has 0 aliphatic carbocycles. The predicted molar refractivity (Wildman–Crippen MR) is 54.5 cm³/mol. The summed E-state index contributed by atoms with van der Waals surface area (Å²) in [6.45, 7) is 1.42. The van der Waals surface area contributed by atoms with E-state index in [9.17, 15) is 15.0 Å². The molecule has 0 bridgehead atoms. The van der Waals surface area contributed by atoms with Crippen LogP contribution in [0, 0.1) is 6.92 Å². The van der Waals surface area contributed by atoms with Crippen molar-refractivity contribution in [1.29, 1.82) is 0 Å². The fourth-order valence-corrected chi connectivity index (χ4v) is 1.30. The minimum atomic E-state index is -1.09. The Morgan fingerprint density at radius 1 is 1.47 bits per heavy atom. The second kappa shape index (κ2) is 5.06. The summed E-state index contributed by atoms with van der Waals surface area (Å²) < 4.78 is 0.